The second kappa shape index (κ2) is 8.04. The van der Waals surface area contributed by atoms with Crippen molar-refractivity contribution < 1.29 is 14.7 Å². The fourth-order valence-electron chi connectivity index (χ4n) is 4.66. The van der Waals surface area contributed by atoms with Crippen LogP contribution in [0.3, 0.4) is 0 Å². The van der Waals surface area contributed by atoms with Crippen molar-refractivity contribution in [3.63, 3.8) is 0 Å². The summed E-state index contributed by atoms with van der Waals surface area (Å²) < 4.78 is 0. The fraction of sp³-hybridized carbons (Fsp3) is 0.478. The minimum absolute atomic E-state index is 0.0581. The third-order valence-corrected chi connectivity index (χ3v) is 7.23. The number of allylic oxidation sites excluding steroid dienone is 1. The fourth-order valence-corrected chi connectivity index (χ4v) is 5.56. The second-order valence-corrected chi connectivity index (χ2v) is 10.0. The van der Waals surface area contributed by atoms with Crippen molar-refractivity contribution in [3.05, 3.63) is 35.0 Å². The minimum atomic E-state index is -1.39. The van der Waals surface area contributed by atoms with E-state index in [1.807, 2.05) is 23.2 Å². The standard InChI is InChI=1S/C23H27N5O3S/c1-23(2,31)21(29)27-8-5-16(6-9-27)28-20-15(12-25-22(28)30)11-24-18-4-3-17(26-19(18)20)14-7-10-32-13-14/h3-4,11,13,16,31H,5-10,12H2,1-2H3,(H,25,30). The van der Waals surface area contributed by atoms with Gasteiger partial charge in [0.1, 0.15) is 11.1 Å². The predicted molar refractivity (Wildman–Crippen MR) is 125 cm³/mol. The molecule has 3 aliphatic rings. The highest BCUT2D eigenvalue weighted by atomic mass is 32.2. The maximum atomic E-state index is 13.0. The molecule has 1 fully saturated rings. The molecule has 2 N–H and O–H groups in total. The van der Waals surface area contributed by atoms with Crippen LogP contribution >= 0.6 is 11.8 Å². The summed E-state index contributed by atoms with van der Waals surface area (Å²) >= 11 is 1.80. The van der Waals surface area contributed by atoms with Gasteiger partial charge < -0.3 is 15.3 Å². The van der Waals surface area contributed by atoms with Crippen LogP contribution in [-0.4, -0.2) is 62.4 Å². The molecule has 0 unspecified atom stereocenters. The molecule has 168 valence electrons. The van der Waals surface area contributed by atoms with Crippen LogP contribution in [0.15, 0.2) is 23.7 Å². The summed E-state index contributed by atoms with van der Waals surface area (Å²) in [5.41, 5.74) is 4.08. The molecule has 0 aromatic carbocycles. The Morgan fingerprint density at radius 2 is 2.06 bits per heavy atom. The normalized spacial score (nSPS) is 19.7. The molecule has 8 nitrogen and oxygen atoms in total. The topological polar surface area (TPSA) is 98.7 Å². The molecule has 0 radical (unpaired) electrons. The molecule has 5 rings (SSSR count). The number of carbonyl (C=O) groups is 2. The number of pyridine rings is 2. The first kappa shape index (κ1) is 21.2. The molecule has 1 saturated heterocycles. The number of likely N-dealkylation sites (tertiary alicyclic amines) is 1. The molecule has 0 spiro atoms. The Morgan fingerprint density at radius 3 is 2.75 bits per heavy atom. The summed E-state index contributed by atoms with van der Waals surface area (Å²) in [6.45, 7) is 4.44. The van der Waals surface area contributed by atoms with Crippen molar-refractivity contribution in [1.82, 2.24) is 20.2 Å². The van der Waals surface area contributed by atoms with E-state index in [2.05, 4.69) is 15.7 Å². The quantitative estimate of drug-likeness (QED) is 0.742. The van der Waals surface area contributed by atoms with Gasteiger partial charge in [0.2, 0.25) is 0 Å². The monoisotopic (exact) mass is 453 g/mol. The lowest BCUT2D eigenvalue weighted by Gasteiger charge is -2.42. The van der Waals surface area contributed by atoms with Crippen LogP contribution in [0.1, 0.15) is 44.4 Å². The summed E-state index contributed by atoms with van der Waals surface area (Å²) in [5.74, 6) is 0.791. The third kappa shape index (κ3) is 3.73. The Bertz CT molecular complexity index is 1120. The molecule has 9 heteroatoms. The van der Waals surface area contributed by atoms with Crippen LogP contribution in [0.25, 0.3) is 16.6 Å². The number of piperidine rings is 1. The van der Waals surface area contributed by atoms with Gasteiger partial charge in [-0.2, -0.15) is 0 Å². The Hall–Kier alpha value is -2.65. The zero-order chi connectivity index (χ0) is 22.5. The van der Waals surface area contributed by atoms with E-state index < -0.39 is 5.60 Å². The zero-order valence-corrected chi connectivity index (χ0v) is 19.1. The molecule has 0 atom stereocenters. The van der Waals surface area contributed by atoms with Gasteiger partial charge in [-0.05, 0) is 56.2 Å². The summed E-state index contributed by atoms with van der Waals surface area (Å²) in [7, 11) is 0. The average Bonchev–Trinajstić information content (AvgIpc) is 3.32. The molecule has 5 heterocycles. The number of thioether (sulfide) groups is 1. The van der Waals surface area contributed by atoms with Crippen LogP contribution in [0.4, 0.5) is 10.5 Å². The van der Waals surface area contributed by atoms with E-state index in [9.17, 15) is 14.7 Å². The molecule has 0 bridgehead atoms. The van der Waals surface area contributed by atoms with Gasteiger partial charge in [0.15, 0.2) is 0 Å². The first-order valence-electron chi connectivity index (χ1n) is 11.0. The van der Waals surface area contributed by atoms with Crippen molar-refractivity contribution >= 4 is 46.0 Å². The molecular weight excluding hydrogens is 426 g/mol. The van der Waals surface area contributed by atoms with Crippen molar-refractivity contribution in [2.75, 3.05) is 23.7 Å². The SMILES string of the molecule is CC(C)(O)C(=O)N1CCC(N2C(=O)NCc3cnc4ccc(C5=CSCC5)nc4c32)CC1. The van der Waals surface area contributed by atoms with Crippen molar-refractivity contribution in [2.45, 2.75) is 51.3 Å². The third-order valence-electron chi connectivity index (χ3n) is 6.34. The Morgan fingerprint density at radius 1 is 1.28 bits per heavy atom. The summed E-state index contributed by atoms with van der Waals surface area (Å²) in [5, 5.41) is 15.2. The van der Waals surface area contributed by atoms with Gasteiger partial charge >= 0.3 is 6.03 Å². The largest absolute Gasteiger partial charge is 0.381 e. The van der Waals surface area contributed by atoms with Gasteiger partial charge in [-0.1, -0.05) is 0 Å². The van der Waals surface area contributed by atoms with Gasteiger partial charge in [-0.25, -0.2) is 9.78 Å². The molecule has 0 saturated carbocycles. The van der Waals surface area contributed by atoms with Gasteiger partial charge in [0, 0.05) is 43.2 Å². The van der Waals surface area contributed by atoms with Gasteiger partial charge in [0.05, 0.1) is 16.9 Å². The molecule has 0 aliphatic carbocycles. The van der Waals surface area contributed by atoms with Crippen LogP contribution in [0.2, 0.25) is 0 Å². The Labute approximate surface area is 191 Å². The Balaban J connectivity index is 1.49. The number of nitrogens with zero attached hydrogens (tertiary/aromatic N) is 4. The van der Waals surface area contributed by atoms with E-state index in [4.69, 9.17) is 4.98 Å². The van der Waals surface area contributed by atoms with E-state index in [1.54, 1.807) is 16.7 Å². The van der Waals surface area contributed by atoms with Crippen LogP contribution in [0, 0.1) is 0 Å². The van der Waals surface area contributed by atoms with Gasteiger partial charge in [-0.3, -0.25) is 14.7 Å². The van der Waals surface area contributed by atoms with E-state index in [0.29, 0.717) is 32.5 Å². The maximum absolute atomic E-state index is 13.0. The minimum Gasteiger partial charge on any atom is -0.381 e. The van der Waals surface area contributed by atoms with Crippen LogP contribution in [0.5, 0.6) is 0 Å². The number of urea groups is 1. The average molecular weight is 454 g/mol. The number of aliphatic hydroxyl groups is 1. The number of carbonyl (C=O) groups excluding carboxylic acids is 2. The number of aromatic nitrogens is 2. The zero-order valence-electron chi connectivity index (χ0n) is 18.3. The summed E-state index contributed by atoms with van der Waals surface area (Å²) in [6, 6.07) is 3.79. The van der Waals surface area contributed by atoms with Crippen molar-refractivity contribution in [3.8, 4) is 0 Å². The predicted octanol–water partition coefficient (Wildman–Crippen LogP) is 2.90. The summed E-state index contributed by atoms with van der Waals surface area (Å²) in [6.07, 6.45) is 4.09. The lowest BCUT2D eigenvalue weighted by atomic mass is 9.98. The van der Waals surface area contributed by atoms with E-state index in [1.165, 1.54) is 19.4 Å². The summed E-state index contributed by atoms with van der Waals surface area (Å²) in [4.78, 5) is 38.6. The van der Waals surface area contributed by atoms with Gasteiger partial charge in [-0.15, -0.1) is 11.8 Å². The van der Waals surface area contributed by atoms with Crippen molar-refractivity contribution in [2.24, 2.45) is 0 Å². The van der Waals surface area contributed by atoms with Crippen molar-refractivity contribution in [1.29, 1.82) is 0 Å². The first-order valence-corrected chi connectivity index (χ1v) is 12.1. The van der Waals surface area contributed by atoms with Gasteiger partial charge in [0.25, 0.3) is 5.91 Å². The second-order valence-electron chi connectivity index (χ2n) is 9.07. The Kier molecular flexibility index (Phi) is 5.33. The molecule has 3 amide bonds. The number of rotatable bonds is 3. The maximum Gasteiger partial charge on any atom is 0.322 e. The highest BCUT2D eigenvalue weighted by Crippen LogP contribution is 2.37. The van der Waals surface area contributed by atoms with E-state index in [-0.39, 0.29) is 18.0 Å². The smallest absolute Gasteiger partial charge is 0.322 e. The lowest BCUT2D eigenvalue weighted by molar-refractivity contribution is -0.148. The van der Waals surface area contributed by atoms with Crippen LogP contribution in [-0.2, 0) is 11.3 Å². The number of nitrogens with one attached hydrogen (secondary N) is 1. The molecule has 3 aliphatic heterocycles. The molecule has 32 heavy (non-hydrogen) atoms. The number of anilines is 1. The van der Waals surface area contributed by atoms with E-state index in [0.717, 1.165) is 40.2 Å². The van der Waals surface area contributed by atoms with E-state index >= 15 is 0 Å². The molecule has 2 aromatic rings. The molecule has 2 aromatic heterocycles. The molecular formula is C23H27N5O3S. The number of hydrogen-bond donors (Lipinski definition) is 2. The van der Waals surface area contributed by atoms with Crippen LogP contribution < -0.4 is 10.2 Å². The number of hydrogen-bond acceptors (Lipinski definition) is 6. The highest BCUT2D eigenvalue weighted by Gasteiger charge is 2.38. The number of fused-ring (bicyclic) bond motifs is 3. The number of amides is 3. The highest BCUT2D eigenvalue weighted by molar-refractivity contribution is 8.02. The first-order chi connectivity index (χ1) is 15.3. The lowest BCUT2D eigenvalue weighted by Crippen LogP contribution is -2.56.